The summed E-state index contributed by atoms with van der Waals surface area (Å²) in [7, 11) is 0. The predicted octanol–water partition coefficient (Wildman–Crippen LogP) is 4.14. The molecule has 1 aromatic heterocycles. The summed E-state index contributed by atoms with van der Waals surface area (Å²) < 4.78 is 1.65. The maximum Gasteiger partial charge on any atom is 0.287 e. The van der Waals surface area contributed by atoms with Crippen LogP contribution in [0.15, 0.2) is 70.7 Å². The summed E-state index contributed by atoms with van der Waals surface area (Å²) in [4.78, 5) is 16.9. The van der Waals surface area contributed by atoms with E-state index >= 15 is 0 Å². The zero-order chi connectivity index (χ0) is 16.2. The van der Waals surface area contributed by atoms with Gasteiger partial charge >= 0.3 is 0 Å². The maximum atomic E-state index is 12.6. The molecule has 0 amide bonds. The average Bonchev–Trinajstić information content (AvgIpc) is 2.56. The molecular weight excluding hydrogens is 304 g/mol. The molecule has 0 aliphatic heterocycles. The van der Waals surface area contributed by atoms with Gasteiger partial charge in [-0.05, 0) is 37.1 Å². The summed E-state index contributed by atoms with van der Waals surface area (Å²) in [5, 5.41) is 0.524. The molecule has 0 bridgehead atoms. The van der Waals surface area contributed by atoms with Gasteiger partial charge in [-0.15, -0.1) is 0 Å². The van der Waals surface area contributed by atoms with Crippen LogP contribution in [0, 0.1) is 13.8 Å². The molecule has 0 atom stereocenters. The number of thioether (sulfide) groups is 1. The Labute approximate surface area is 140 Å². The lowest BCUT2D eigenvalue weighted by Crippen LogP contribution is -2.20. The standard InChI is InChI=1S/C19H18N2OS/c1-14-7-9-17(10-8-14)21-12-11-20-18(19(21)22)23-13-16-6-4-3-5-15(16)2/h3-12H,13H2,1-2H3. The highest BCUT2D eigenvalue weighted by atomic mass is 32.2. The van der Waals surface area contributed by atoms with Crippen molar-refractivity contribution in [3.8, 4) is 5.69 Å². The van der Waals surface area contributed by atoms with Crippen LogP contribution in [0.5, 0.6) is 0 Å². The van der Waals surface area contributed by atoms with Gasteiger partial charge in [0, 0.05) is 23.8 Å². The Hall–Kier alpha value is -2.33. The van der Waals surface area contributed by atoms with E-state index in [0.717, 1.165) is 11.4 Å². The Morgan fingerprint density at radius 3 is 2.52 bits per heavy atom. The van der Waals surface area contributed by atoms with Crippen LogP contribution in [0.4, 0.5) is 0 Å². The molecule has 0 aliphatic carbocycles. The van der Waals surface area contributed by atoms with E-state index in [1.165, 1.54) is 28.5 Å². The van der Waals surface area contributed by atoms with E-state index in [4.69, 9.17) is 0 Å². The number of hydrogen-bond donors (Lipinski definition) is 0. The second-order valence-corrected chi connectivity index (χ2v) is 6.42. The van der Waals surface area contributed by atoms with E-state index < -0.39 is 0 Å². The van der Waals surface area contributed by atoms with Gasteiger partial charge in [-0.2, -0.15) is 0 Å². The van der Waals surface area contributed by atoms with Crippen molar-refractivity contribution in [3.63, 3.8) is 0 Å². The SMILES string of the molecule is Cc1ccc(-n2ccnc(SCc3ccccc3C)c2=O)cc1. The van der Waals surface area contributed by atoms with E-state index in [-0.39, 0.29) is 5.56 Å². The lowest BCUT2D eigenvalue weighted by molar-refractivity contribution is 0.882. The monoisotopic (exact) mass is 322 g/mol. The van der Waals surface area contributed by atoms with Gasteiger partial charge in [0.05, 0.1) is 0 Å². The summed E-state index contributed by atoms with van der Waals surface area (Å²) in [6.45, 7) is 4.11. The number of aromatic nitrogens is 2. The van der Waals surface area contributed by atoms with Gasteiger partial charge in [-0.3, -0.25) is 9.36 Å². The van der Waals surface area contributed by atoms with Crippen molar-refractivity contribution in [1.82, 2.24) is 9.55 Å². The second-order valence-electron chi connectivity index (χ2n) is 5.46. The van der Waals surface area contributed by atoms with Gasteiger partial charge in [-0.25, -0.2) is 4.98 Å². The van der Waals surface area contributed by atoms with Gasteiger partial charge in [0.1, 0.15) is 0 Å². The molecule has 0 unspecified atom stereocenters. The topological polar surface area (TPSA) is 34.9 Å². The van der Waals surface area contributed by atoms with Crippen molar-refractivity contribution in [3.05, 3.63) is 88.0 Å². The van der Waals surface area contributed by atoms with E-state index in [1.54, 1.807) is 17.0 Å². The largest absolute Gasteiger partial charge is 0.287 e. The number of benzene rings is 2. The third kappa shape index (κ3) is 3.54. The minimum atomic E-state index is -0.0741. The van der Waals surface area contributed by atoms with Crippen molar-refractivity contribution >= 4 is 11.8 Å². The van der Waals surface area contributed by atoms with Crippen LogP contribution >= 0.6 is 11.8 Å². The summed E-state index contributed by atoms with van der Waals surface area (Å²) >= 11 is 1.48. The zero-order valence-electron chi connectivity index (χ0n) is 13.2. The van der Waals surface area contributed by atoms with E-state index in [2.05, 4.69) is 24.0 Å². The van der Waals surface area contributed by atoms with Gasteiger partial charge in [0.25, 0.3) is 5.56 Å². The molecule has 4 heteroatoms. The molecule has 0 radical (unpaired) electrons. The first-order valence-electron chi connectivity index (χ1n) is 7.47. The molecule has 23 heavy (non-hydrogen) atoms. The number of rotatable bonds is 4. The van der Waals surface area contributed by atoms with Crippen molar-refractivity contribution in [2.45, 2.75) is 24.6 Å². The molecule has 1 heterocycles. The van der Waals surface area contributed by atoms with Crippen LogP contribution in [0.2, 0.25) is 0 Å². The molecule has 0 saturated carbocycles. The fraction of sp³-hybridized carbons (Fsp3) is 0.158. The fourth-order valence-electron chi connectivity index (χ4n) is 2.32. The lowest BCUT2D eigenvalue weighted by atomic mass is 10.1. The maximum absolute atomic E-state index is 12.6. The third-order valence-electron chi connectivity index (χ3n) is 3.75. The first kappa shape index (κ1) is 15.6. The van der Waals surface area contributed by atoms with Gasteiger partial charge in [0.2, 0.25) is 0 Å². The Morgan fingerprint density at radius 1 is 1.04 bits per heavy atom. The van der Waals surface area contributed by atoms with E-state index in [1.807, 2.05) is 43.3 Å². The normalized spacial score (nSPS) is 10.7. The molecule has 0 fully saturated rings. The molecule has 0 spiro atoms. The highest BCUT2D eigenvalue weighted by Gasteiger charge is 2.08. The highest BCUT2D eigenvalue weighted by molar-refractivity contribution is 7.98. The smallest absolute Gasteiger partial charge is 0.280 e. The molecule has 2 aromatic carbocycles. The molecular formula is C19H18N2OS. The number of aryl methyl sites for hydroxylation is 2. The van der Waals surface area contributed by atoms with Crippen LogP contribution in [0.3, 0.4) is 0 Å². The van der Waals surface area contributed by atoms with Crippen molar-refractivity contribution in [2.24, 2.45) is 0 Å². The fourth-order valence-corrected chi connectivity index (χ4v) is 3.29. The van der Waals surface area contributed by atoms with Crippen LogP contribution in [0.25, 0.3) is 5.69 Å². The molecule has 0 N–H and O–H groups in total. The molecule has 3 aromatic rings. The van der Waals surface area contributed by atoms with E-state index in [0.29, 0.717) is 5.03 Å². The minimum Gasteiger partial charge on any atom is -0.280 e. The average molecular weight is 322 g/mol. The third-order valence-corrected chi connectivity index (χ3v) is 4.76. The quantitative estimate of drug-likeness (QED) is 0.677. The van der Waals surface area contributed by atoms with Gasteiger partial charge < -0.3 is 0 Å². The number of nitrogens with zero attached hydrogens (tertiary/aromatic N) is 2. The Morgan fingerprint density at radius 2 is 1.78 bits per heavy atom. The Balaban J connectivity index is 1.87. The van der Waals surface area contributed by atoms with Crippen LogP contribution in [-0.4, -0.2) is 9.55 Å². The highest BCUT2D eigenvalue weighted by Crippen LogP contribution is 2.20. The predicted molar refractivity (Wildman–Crippen MR) is 95.3 cm³/mol. The van der Waals surface area contributed by atoms with Crippen molar-refractivity contribution in [2.75, 3.05) is 0 Å². The minimum absolute atomic E-state index is 0.0741. The summed E-state index contributed by atoms with van der Waals surface area (Å²) in [5.74, 6) is 0.743. The van der Waals surface area contributed by atoms with Crippen LogP contribution in [-0.2, 0) is 5.75 Å². The second kappa shape index (κ2) is 6.84. The molecule has 0 aliphatic rings. The summed E-state index contributed by atoms with van der Waals surface area (Å²) in [5.41, 5.74) is 4.42. The first-order chi connectivity index (χ1) is 11.1. The zero-order valence-corrected chi connectivity index (χ0v) is 14.0. The summed E-state index contributed by atoms with van der Waals surface area (Å²) in [6, 6.07) is 16.1. The van der Waals surface area contributed by atoms with E-state index in [9.17, 15) is 4.79 Å². The Bertz CT molecular complexity index is 869. The molecule has 3 rings (SSSR count). The molecule has 3 nitrogen and oxygen atoms in total. The van der Waals surface area contributed by atoms with Gasteiger partial charge in [-0.1, -0.05) is 53.7 Å². The Kier molecular flexibility index (Phi) is 4.63. The van der Waals surface area contributed by atoms with Crippen molar-refractivity contribution < 1.29 is 0 Å². The number of hydrogen-bond acceptors (Lipinski definition) is 3. The van der Waals surface area contributed by atoms with Crippen molar-refractivity contribution in [1.29, 1.82) is 0 Å². The summed E-state index contributed by atoms with van der Waals surface area (Å²) in [6.07, 6.45) is 3.40. The molecule has 116 valence electrons. The lowest BCUT2D eigenvalue weighted by Gasteiger charge is -2.08. The van der Waals surface area contributed by atoms with Gasteiger partial charge in [0.15, 0.2) is 5.03 Å². The van der Waals surface area contributed by atoms with Crippen LogP contribution < -0.4 is 5.56 Å². The van der Waals surface area contributed by atoms with Crippen LogP contribution in [0.1, 0.15) is 16.7 Å². The first-order valence-corrected chi connectivity index (χ1v) is 8.46. The molecule has 0 saturated heterocycles.